The highest BCUT2D eigenvalue weighted by atomic mass is 16.5. The summed E-state index contributed by atoms with van der Waals surface area (Å²) in [5.41, 5.74) is 1.04. The number of aromatic nitrogens is 1. The summed E-state index contributed by atoms with van der Waals surface area (Å²) in [6.07, 6.45) is 3.44. The normalized spacial score (nSPS) is 9.83. The standard InChI is InChI=1S/C9H13NO2/c1-3-12-9-6-10-5-4-8(9)7-11-2/h4-6H,3,7H2,1-2H3. The van der Waals surface area contributed by atoms with E-state index in [2.05, 4.69) is 4.98 Å². The lowest BCUT2D eigenvalue weighted by atomic mass is 10.2. The Morgan fingerprint density at radius 3 is 3.00 bits per heavy atom. The highest BCUT2D eigenvalue weighted by Crippen LogP contribution is 2.16. The monoisotopic (exact) mass is 167 g/mol. The fraction of sp³-hybridized carbons (Fsp3) is 0.444. The lowest BCUT2D eigenvalue weighted by molar-refractivity contribution is 0.180. The van der Waals surface area contributed by atoms with E-state index < -0.39 is 0 Å². The second-order valence-electron chi connectivity index (χ2n) is 2.35. The smallest absolute Gasteiger partial charge is 0.143 e. The van der Waals surface area contributed by atoms with Crippen LogP contribution in [0.3, 0.4) is 0 Å². The van der Waals surface area contributed by atoms with Crippen LogP contribution in [0.1, 0.15) is 12.5 Å². The average molecular weight is 167 g/mol. The van der Waals surface area contributed by atoms with Gasteiger partial charge >= 0.3 is 0 Å². The molecule has 0 saturated carbocycles. The number of nitrogens with zero attached hydrogens (tertiary/aromatic N) is 1. The van der Waals surface area contributed by atoms with E-state index >= 15 is 0 Å². The van der Waals surface area contributed by atoms with Gasteiger partial charge in [0, 0.05) is 18.9 Å². The number of methoxy groups -OCH3 is 1. The van der Waals surface area contributed by atoms with Crippen molar-refractivity contribution in [3.8, 4) is 5.75 Å². The van der Waals surface area contributed by atoms with Gasteiger partial charge in [0.1, 0.15) is 5.75 Å². The summed E-state index contributed by atoms with van der Waals surface area (Å²) >= 11 is 0. The topological polar surface area (TPSA) is 31.4 Å². The zero-order chi connectivity index (χ0) is 8.81. The number of ether oxygens (including phenoxy) is 2. The quantitative estimate of drug-likeness (QED) is 0.683. The molecular formula is C9H13NO2. The van der Waals surface area contributed by atoms with E-state index in [0.717, 1.165) is 11.3 Å². The summed E-state index contributed by atoms with van der Waals surface area (Å²) in [4.78, 5) is 3.97. The van der Waals surface area contributed by atoms with Gasteiger partial charge in [-0.3, -0.25) is 4.98 Å². The van der Waals surface area contributed by atoms with Crippen LogP contribution in [0, 0.1) is 0 Å². The fourth-order valence-corrected chi connectivity index (χ4v) is 0.969. The van der Waals surface area contributed by atoms with E-state index in [4.69, 9.17) is 9.47 Å². The van der Waals surface area contributed by atoms with Crippen LogP contribution in [0.2, 0.25) is 0 Å². The number of hydrogen-bond acceptors (Lipinski definition) is 3. The van der Waals surface area contributed by atoms with Crippen LogP contribution in [0.4, 0.5) is 0 Å². The van der Waals surface area contributed by atoms with Crippen molar-refractivity contribution in [1.82, 2.24) is 4.98 Å². The summed E-state index contributed by atoms with van der Waals surface area (Å²) in [7, 11) is 1.66. The lowest BCUT2D eigenvalue weighted by Crippen LogP contribution is -1.98. The first-order valence-electron chi connectivity index (χ1n) is 3.93. The molecule has 0 aliphatic carbocycles. The molecule has 1 heterocycles. The molecule has 0 spiro atoms. The van der Waals surface area contributed by atoms with Crippen LogP contribution >= 0.6 is 0 Å². The highest BCUT2D eigenvalue weighted by Gasteiger charge is 2.00. The summed E-state index contributed by atoms with van der Waals surface area (Å²) in [6.45, 7) is 3.17. The second kappa shape index (κ2) is 4.72. The minimum absolute atomic E-state index is 0.567. The zero-order valence-corrected chi connectivity index (χ0v) is 7.41. The Balaban J connectivity index is 2.77. The summed E-state index contributed by atoms with van der Waals surface area (Å²) in [5, 5.41) is 0. The Kier molecular flexibility index (Phi) is 3.54. The predicted molar refractivity (Wildman–Crippen MR) is 46.1 cm³/mol. The van der Waals surface area contributed by atoms with Crippen LogP contribution in [-0.2, 0) is 11.3 Å². The summed E-state index contributed by atoms with van der Waals surface area (Å²) in [5.74, 6) is 0.807. The molecule has 0 atom stereocenters. The third-order valence-electron chi connectivity index (χ3n) is 1.47. The SMILES string of the molecule is CCOc1cnccc1COC. The number of rotatable bonds is 4. The minimum atomic E-state index is 0.567. The van der Waals surface area contributed by atoms with Gasteiger partial charge in [-0.1, -0.05) is 0 Å². The average Bonchev–Trinajstić information content (AvgIpc) is 2.09. The van der Waals surface area contributed by atoms with Crippen LogP contribution in [0.5, 0.6) is 5.75 Å². The molecule has 3 nitrogen and oxygen atoms in total. The van der Waals surface area contributed by atoms with Crippen molar-refractivity contribution in [2.45, 2.75) is 13.5 Å². The maximum absolute atomic E-state index is 5.35. The Morgan fingerprint density at radius 1 is 1.50 bits per heavy atom. The third kappa shape index (κ3) is 2.20. The van der Waals surface area contributed by atoms with Gasteiger partial charge in [0.05, 0.1) is 19.4 Å². The molecule has 3 heteroatoms. The molecule has 0 amide bonds. The molecule has 0 unspecified atom stereocenters. The van der Waals surface area contributed by atoms with Gasteiger partial charge < -0.3 is 9.47 Å². The van der Waals surface area contributed by atoms with E-state index in [1.807, 2.05) is 13.0 Å². The van der Waals surface area contributed by atoms with Gasteiger partial charge in [-0.25, -0.2) is 0 Å². The number of pyridine rings is 1. The first kappa shape index (κ1) is 9.00. The van der Waals surface area contributed by atoms with Gasteiger partial charge in [0.2, 0.25) is 0 Å². The maximum atomic E-state index is 5.35. The molecule has 0 N–H and O–H groups in total. The minimum Gasteiger partial charge on any atom is -0.492 e. The van der Waals surface area contributed by atoms with E-state index in [1.54, 1.807) is 19.5 Å². The van der Waals surface area contributed by atoms with Crippen molar-refractivity contribution in [2.75, 3.05) is 13.7 Å². The molecule has 0 bridgehead atoms. The Labute approximate surface area is 72.3 Å². The van der Waals surface area contributed by atoms with Crippen molar-refractivity contribution in [3.63, 3.8) is 0 Å². The Hall–Kier alpha value is -1.09. The van der Waals surface area contributed by atoms with Gasteiger partial charge in [0.15, 0.2) is 0 Å². The van der Waals surface area contributed by atoms with E-state index in [0.29, 0.717) is 13.2 Å². The molecule has 1 rings (SSSR count). The van der Waals surface area contributed by atoms with Crippen molar-refractivity contribution in [3.05, 3.63) is 24.0 Å². The van der Waals surface area contributed by atoms with Crippen LogP contribution in [0.25, 0.3) is 0 Å². The lowest BCUT2D eigenvalue weighted by Gasteiger charge is -2.07. The molecule has 66 valence electrons. The van der Waals surface area contributed by atoms with E-state index in [-0.39, 0.29) is 0 Å². The summed E-state index contributed by atoms with van der Waals surface area (Å²) in [6, 6.07) is 1.90. The van der Waals surface area contributed by atoms with Crippen molar-refractivity contribution < 1.29 is 9.47 Å². The van der Waals surface area contributed by atoms with Crippen molar-refractivity contribution >= 4 is 0 Å². The van der Waals surface area contributed by atoms with Gasteiger partial charge in [-0.2, -0.15) is 0 Å². The highest BCUT2D eigenvalue weighted by molar-refractivity contribution is 5.28. The van der Waals surface area contributed by atoms with E-state index in [1.165, 1.54) is 0 Å². The molecule has 0 saturated heterocycles. The molecule has 0 aromatic carbocycles. The second-order valence-corrected chi connectivity index (χ2v) is 2.35. The predicted octanol–water partition coefficient (Wildman–Crippen LogP) is 1.63. The maximum Gasteiger partial charge on any atom is 0.143 e. The largest absolute Gasteiger partial charge is 0.492 e. The Bertz CT molecular complexity index is 213. The first-order valence-corrected chi connectivity index (χ1v) is 3.93. The summed E-state index contributed by atoms with van der Waals surface area (Å²) < 4.78 is 10.4. The van der Waals surface area contributed by atoms with Gasteiger partial charge in [0.25, 0.3) is 0 Å². The number of hydrogen-bond donors (Lipinski definition) is 0. The molecule has 0 radical (unpaired) electrons. The van der Waals surface area contributed by atoms with Gasteiger partial charge in [-0.05, 0) is 13.0 Å². The zero-order valence-electron chi connectivity index (χ0n) is 7.41. The fourth-order valence-electron chi connectivity index (χ4n) is 0.969. The van der Waals surface area contributed by atoms with E-state index in [9.17, 15) is 0 Å². The van der Waals surface area contributed by atoms with Crippen LogP contribution in [0.15, 0.2) is 18.5 Å². The molecule has 1 aromatic rings. The molecular weight excluding hydrogens is 154 g/mol. The van der Waals surface area contributed by atoms with Crippen LogP contribution in [-0.4, -0.2) is 18.7 Å². The molecule has 12 heavy (non-hydrogen) atoms. The van der Waals surface area contributed by atoms with Gasteiger partial charge in [-0.15, -0.1) is 0 Å². The molecule has 0 aliphatic rings. The van der Waals surface area contributed by atoms with Crippen molar-refractivity contribution in [1.29, 1.82) is 0 Å². The molecule has 0 fully saturated rings. The first-order chi connectivity index (χ1) is 5.88. The van der Waals surface area contributed by atoms with Crippen molar-refractivity contribution in [2.24, 2.45) is 0 Å². The third-order valence-corrected chi connectivity index (χ3v) is 1.47. The Morgan fingerprint density at radius 2 is 2.33 bits per heavy atom. The van der Waals surface area contributed by atoms with Crippen LogP contribution < -0.4 is 4.74 Å². The molecule has 1 aromatic heterocycles. The molecule has 0 aliphatic heterocycles.